The maximum atomic E-state index is 6.01. The molecule has 3 unspecified atom stereocenters. The fourth-order valence-corrected chi connectivity index (χ4v) is 2.80. The third kappa shape index (κ3) is 2.76. The number of nitrogens with zero attached hydrogens (tertiary/aromatic N) is 1. The lowest BCUT2D eigenvalue weighted by Gasteiger charge is -2.46. The van der Waals surface area contributed by atoms with Gasteiger partial charge in [0.25, 0.3) is 0 Å². The summed E-state index contributed by atoms with van der Waals surface area (Å²) in [5.41, 5.74) is 5.98. The number of methoxy groups -OCH3 is 1. The summed E-state index contributed by atoms with van der Waals surface area (Å²) in [5.74, 6) is 0. The van der Waals surface area contributed by atoms with Gasteiger partial charge >= 0.3 is 0 Å². The summed E-state index contributed by atoms with van der Waals surface area (Å²) in [5, 5.41) is 0. The van der Waals surface area contributed by atoms with Crippen molar-refractivity contribution in [1.82, 2.24) is 4.90 Å². The van der Waals surface area contributed by atoms with Gasteiger partial charge in [-0.25, -0.2) is 0 Å². The van der Waals surface area contributed by atoms with Crippen molar-refractivity contribution >= 4 is 0 Å². The van der Waals surface area contributed by atoms with Crippen LogP contribution in [0.25, 0.3) is 0 Å². The molecule has 3 heteroatoms. The van der Waals surface area contributed by atoms with Crippen LogP contribution in [0.2, 0.25) is 0 Å². The highest BCUT2D eigenvalue weighted by atomic mass is 16.5. The molecule has 0 aliphatic carbocycles. The molecule has 0 bridgehead atoms. The van der Waals surface area contributed by atoms with E-state index in [0.29, 0.717) is 12.6 Å². The van der Waals surface area contributed by atoms with Crippen LogP contribution in [0.3, 0.4) is 0 Å². The molecule has 0 aromatic heterocycles. The molecule has 16 heavy (non-hydrogen) atoms. The maximum absolute atomic E-state index is 6.01. The normalized spacial score (nSPS) is 29.4. The number of ether oxygens (including phenoxy) is 1. The van der Waals surface area contributed by atoms with Crippen molar-refractivity contribution in [3.05, 3.63) is 0 Å². The van der Waals surface area contributed by atoms with E-state index in [2.05, 4.69) is 25.7 Å². The summed E-state index contributed by atoms with van der Waals surface area (Å²) in [6, 6.07) is 0.619. The SMILES string of the molecule is COC(C)C(C)(CN)N1CCCCCC1C. The zero-order valence-corrected chi connectivity index (χ0v) is 11.3. The van der Waals surface area contributed by atoms with Crippen LogP contribution in [-0.2, 0) is 4.74 Å². The molecule has 1 saturated heterocycles. The fourth-order valence-electron chi connectivity index (χ4n) is 2.80. The Balaban J connectivity index is 2.83. The lowest BCUT2D eigenvalue weighted by atomic mass is 9.91. The highest BCUT2D eigenvalue weighted by molar-refractivity contribution is 4.95. The number of hydrogen-bond acceptors (Lipinski definition) is 3. The summed E-state index contributed by atoms with van der Waals surface area (Å²) >= 11 is 0. The summed E-state index contributed by atoms with van der Waals surface area (Å²) in [7, 11) is 1.78. The van der Waals surface area contributed by atoms with E-state index in [1.54, 1.807) is 7.11 Å². The molecule has 1 fully saturated rings. The molecular weight excluding hydrogens is 200 g/mol. The van der Waals surface area contributed by atoms with Gasteiger partial charge in [0.2, 0.25) is 0 Å². The first-order chi connectivity index (χ1) is 7.56. The van der Waals surface area contributed by atoms with Crippen molar-refractivity contribution in [2.75, 3.05) is 20.2 Å². The van der Waals surface area contributed by atoms with E-state index >= 15 is 0 Å². The molecule has 0 saturated carbocycles. The highest BCUT2D eigenvalue weighted by Gasteiger charge is 2.39. The smallest absolute Gasteiger partial charge is 0.0736 e. The standard InChI is InChI=1S/C13H28N2O/c1-11-8-6-5-7-9-15(11)13(3,10-14)12(2)16-4/h11-12H,5-10,14H2,1-4H3. The molecule has 2 N–H and O–H groups in total. The Bertz CT molecular complexity index is 210. The molecule has 1 aliphatic heterocycles. The van der Waals surface area contributed by atoms with Crippen LogP contribution in [0.15, 0.2) is 0 Å². The second-order valence-electron chi connectivity index (χ2n) is 5.33. The topological polar surface area (TPSA) is 38.5 Å². The number of nitrogens with two attached hydrogens (primary N) is 1. The van der Waals surface area contributed by atoms with E-state index < -0.39 is 0 Å². The van der Waals surface area contributed by atoms with E-state index in [9.17, 15) is 0 Å². The molecule has 0 radical (unpaired) electrons. The summed E-state index contributed by atoms with van der Waals surface area (Å²) in [6.45, 7) is 8.50. The van der Waals surface area contributed by atoms with E-state index in [-0.39, 0.29) is 11.6 Å². The molecule has 0 amide bonds. The van der Waals surface area contributed by atoms with Crippen LogP contribution in [0.4, 0.5) is 0 Å². The van der Waals surface area contributed by atoms with Gasteiger partial charge in [0.15, 0.2) is 0 Å². The van der Waals surface area contributed by atoms with E-state index in [0.717, 1.165) is 6.54 Å². The summed E-state index contributed by atoms with van der Waals surface area (Å²) in [4.78, 5) is 2.56. The molecule has 3 atom stereocenters. The van der Waals surface area contributed by atoms with Crippen molar-refractivity contribution in [2.45, 2.75) is 64.1 Å². The number of hydrogen-bond donors (Lipinski definition) is 1. The first kappa shape index (κ1) is 13.9. The number of rotatable bonds is 4. The minimum Gasteiger partial charge on any atom is -0.380 e. The summed E-state index contributed by atoms with van der Waals surface area (Å²) < 4.78 is 5.53. The van der Waals surface area contributed by atoms with Gasteiger partial charge in [-0.15, -0.1) is 0 Å². The first-order valence-electron chi connectivity index (χ1n) is 6.56. The molecule has 0 spiro atoms. The lowest BCUT2D eigenvalue weighted by molar-refractivity contribution is -0.0467. The van der Waals surface area contributed by atoms with Crippen LogP contribution in [-0.4, -0.2) is 42.8 Å². The van der Waals surface area contributed by atoms with Gasteiger partial charge in [-0.2, -0.15) is 0 Å². The zero-order chi connectivity index (χ0) is 12.2. The third-order valence-electron chi connectivity index (χ3n) is 4.35. The van der Waals surface area contributed by atoms with Gasteiger partial charge < -0.3 is 10.5 Å². The Labute approximate surface area is 100 Å². The second kappa shape index (κ2) is 5.99. The molecule has 1 aliphatic rings. The molecule has 96 valence electrons. The second-order valence-corrected chi connectivity index (χ2v) is 5.33. The zero-order valence-electron chi connectivity index (χ0n) is 11.3. The quantitative estimate of drug-likeness (QED) is 0.800. The average molecular weight is 228 g/mol. The van der Waals surface area contributed by atoms with E-state index in [4.69, 9.17) is 10.5 Å². The average Bonchev–Trinajstić information content (AvgIpc) is 2.52. The maximum Gasteiger partial charge on any atom is 0.0736 e. The van der Waals surface area contributed by atoms with Gasteiger partial charge in [-0.1, -0.05) is 12.8 Å². The molecule has 1 heterocycles. The monoisotopic (exact) mass is 228 g/mol. The van der Waals surface area contributed by atoms with Gasteiger partial charge in [-0.05, 0) is 40.2 Å². The first-order valence-corrected chi connectivity index (χ1v) is 6.56. The van der Waals surface area contributed by atoms with Crippen molar-refractivity contribution < 1.29 is 4.74 Å². The molecule has 0 aromatic rings. The largest absolute Gasteiger partial charge is 0.380 e. The van der Waals surface area contributed by atoms with Crippen LogP contribution in [0, 0.1) is 0 Å². The molecular formula is C13H28N2O. The molecule has 0 aromatic carbocycles. The third-order valence-corrected chi connectivity index (χ3v) is 4.35. The Morgan fingerprint density at radius 2 is 2.12 bits per heavy atom. The Morgan fingerprint density at radius 3 is 2.69 bits per heavy atom. The van der Waals surface area contributed by atoms with Gasteiger partial charge in [0.05, 0.1) is 11.6 Å². The Kier molecular flexibility index (Phi) is 5.22. The van der Waals surface area contributed by atoms with Crippen molar-refractivity contribution in [2.24, 2.45) is 5.73 Å². The fraction of sp³-hybridized carbons (Fsp3) is 1.00. The van der Waals surface area contributed by atoms with E-state index in [1.165, 1.54) is 25.7 Å². The summed E-state index contributed by atoms with van der Waals surface area (Å²) in [6.07, 6.45) is 5.45. The van der Waals surface area contributed by atoms with Crippen molar-refractivity contribution in [3.63, 3.8) is 0 Å². The number of likely N-dealkylation sites (tertiary alicyclic amines) is 1. The van der Waals surface area contributed by atoms with Gasteiger partial charge in [0.1, 0.15) is 0 Å². The minimum absolute atomic E-state index is 0.0293. The van der Waals surface area contributed by atoms with Crippen molar-refractivity contribution in [3.8, 4) is 0 Å². The van der Waals surface area contributed by atoms with E-state index in [1.807, 2.05) is 0 Å². The van der Waals surface area contributed by atoms with Crippen LogP contribution in [0.1, 0.15) is 46.5 Å². The van der Waals surface area contributed by atoms with Crippen LogP contribution >= 0.6 is 0 Å². The van der Waals surface area contributed by atoms with Crippen LogP contribution < -0.4 is 5.73 Å². The highest BCUT2D eigenvalue weighted by Crippen LogP contribution is 2.28. The Hall–Kier alpha value is -0.120. The Morgan fingerprint density at radius 1 is 1.44 bits per heavy atom. The lowest BCUT2D eigenvalue weighted by Crippen LogP contribution is -2.61. The molecule has 3 nitrogen and oxygen atoms in total. The minimum atomic E-state index is -0.0293. The predicted molar refractivity (Wildman–Crippen MR) is 68.6 cm³/mol. The van der Waals surface area contributed by atoms with Gasteiger partial charge in [-0.3, -0.25) is 4.90 Å². The molecule has 1 rings (SSSR count). The van der Waals surface area contributed by atoms with Crippen LogP contribution in [0.5, 0.6) is 0 Å². The predicted octanol–water partition coefficient (Wildman–Crippen LogP) is 2.00. The van der Waals surface area contributed by atoms with Gasteiger partial charge in [0, 0.05) is 19.7 Å². The van der Waals surface area contributed by atoms with Crippen molar-refractivity contribution in [1.29, 1.82) is 0 Å².